The molecule has 326 valence electrons. The zero-order chi connectivity index (χ0) is 44.0. The summed E-state index contributed by atoms with van der Waals surface area (Å²) >= 11 is 12.0. The molecule has 2 spiro atoms. The van der Waals surface area contributed by atoms with Crippen LogP contribution in [0, 0.1) is 0 Å². The highest BCUT2D eigenvalue weighted by molar-refractivity contribution is 6.30. The number of rotatable bonds is 10. The summed E-state index contributed by atoms with van der Waals surface area (Å²) in [5.41, 5.74) is 1.78. The maximum Gasteiger partial charge on any atom is 0.317 e. The predicted octanol–water partition coefficient (Wildman–Crippen LogP) is 4.96. The number of halogens is 2. The summed E-state index contributed by atoms with van der Waals surface area (Å²) in [6, 6.07) is 29.4. The van der Waals surface area contributed by atoms with E-state index < -0.39 is 11.1 Å². The van der Waals surface area contributed by atoms with Crippen LogP contribution in [-0.4, -0.2) is 126 Å². The molecule has 62 heavy (non-hydrogen) atoms. The maximum absolute atomic E-state index is 13.9. The molecule has 0 saturated carbocycles. The number of hydrogen-bond donors (Lipinski definition) is 2. The molecule has 4 aromatic rings. The third-order valence-electron chi connectivity index (χ3n) is 12.1. The summed E-state index contributed by atoms with van der Waals surface area (Å²) in [4.78, 5) is 74.5. The molecule has 0 radical (unpaired) electrons. The van der Waals surface area contributed by atoms with Gasteiger partial charge in [-0.1, -0.05) is 71.7 Å². The first-order valence-electron chi connectivity index (χ1n) is 20.5. The minimum Gasteiger partial charge on any atom is -0.497 e. The van der Waals surface area contributed by atoms with Gasteiger partial charge in [0.1, 0.15) is 35.7 Å². The second kappa shape index (κ2) is 19.1. The molecule has 8 rings (SSSR count). The lowest BCUT2D eigenvalue weighted by Crippen LogP contribution is -2.68. The molecule has 0 aromatic heterocycles. The predicted molar refractivity (Wildman–Crippen MR) is 234 cm³/mol. The highest BCUT2D eigenvalue weighted by Crippen LogP contribution is 2.36. The number of carbonyl (C=O) groups excluding carboxylic acids is 5. The largest absolute Gasteiger partial charge is 0.497 e. The van der Waals surface area contributed by atoms with E-state index in [9.17, 15) is 24.0 Å². The highest BCUT2D eigenvalue weighted by Gasteiger charge is 2.57. The van der Waals surface area contributed by atoms with Crippen molar-refractivity contribution in [2.45, 2.75) is 50.1 Å². The summed E-state index contributed by atoms with van der Waals surface area (Å²) in [6.45, 7) is 3.21. The molecule has 2 N–H and O–H groups in total. The first-order chi connectivity index (χ1) is 29.9. The molecule has 2 unspecified atom stereocenters. The van der Waals surface area contributed by atoms with Crippen LogP contribution in [-0.2, 0) is 45.4 Å². The van der Waals surface area contributed by atoms with E-state index in [1.165, 1.54) is 0 Å². The first kappa shape index (κ1) is 44.2. The Morgan fingerprint density at radius 3 is 1.47 bits per heavy atom. The monoisotopic (exact) mass is 883 g/mol. The van der Waals surface area contributed by atoms with Crippen LogP contribution in [0.15, 0.2) is 97.1 Å². The molecule has 0 bridgehead atoms. The van der Waals surface area contributed by atoms with Crippen molar-refractivity contribution >= 4 is 52.9 Å². The lowest BCUT2D eigenvalue weighted by molar-refractivity contribution is -0.165. The number of piperazine rings is 2. The maximum atomic E-state index is 13.9. The van der Waals surface area contributed by atoms with Gasteiger partial charge in [0, 0.05) is 56.4 Å². The Hall–Kier alpha value is -5.83. The van der Waals surface area contributed by atoms with E-state index in [-0.39, 0.29) is 55.8 Å². The van der Waals surface area contributed by atoms with E-state index in [1.54, 1.807) is 57.9 Å². The summed E-state index contributed by atoms with van der Waals surface area (Å²) in [7, 11) is 4.77. The van der Waals surface area contributed by atoms with E-state index in [0.717, 1.165) is 33.8 Å². The quantitative estimate of drug-likeness (QED) is 0.228. The van der Waals surface area contributed by atoms with Crippen molar-refractivity contribution in [3.05, 3.63) is 129 Å². The SMILES string of the molecule is CNC(=O)N1CCC2(C1)C(=O)N(Cc1ccc(OC)cc1)CC(=O)N2Cc1ccc(Cl)cc1.COc1ccc(CN2CC(=O)N(Cc3ccc(Cl)cc3)C3(CCNC3)C2=O)cc1. The zero-order valence-electron chi connectivity index (χ0n) is 35.1. The second-order valence-electron chi connectivity index (χ2n) is 15.9. The molecular weight excluding hydrogens is 833 g/mol. The number of amides is 6. The number of carbonyl (C=O) groups is 5. The van der Waals surface area contributed by atoms with Crippen LogP contribution in [0.1, 0.15) is 35.1 Å². The number of nitrogens with zero attached hydrogens (tertiary/aromatic N) is 5. The third kappa shape index (κ3) is 9.32. The van der Waals surface area contributed by atoms with Crippen LogP contribution in [0.2, 0.25) is 10.0 Å². The number of urea groups is 1. The van der Waals surface area contributed by atoms with Crippen molar-refractivity contribution in [1.82, 2.24) is 35.1 Å². The fraction of sp³-hybridized carbons (Fsp3) is 0.370. The van der Waals surface area contributed by atoms with Gasteiger partial charge < -0.3 is 44.6 Å². The fourth-order valence-corrected chi connectivity index (χ4v) is 8.98. The van der Waals surface area contributed by atoms with Crippen LogP contribution in [0.4, 0.5) is 4.79 Å². The van der Waals surface area contributed by atoms with Crippen molar-refractivity contribution < 1.29 is 33.4 Å². The average molecular weight is 885 g/mol. The lowest BCUT2D eigenvalue weighted by Gasteiger charge is -2.47. The van der Waals surface area contributed by atoms with Crippen LogP contribution >= 0.6 is 23.2 Å². The Labute approximate surface area is 371 Å². The fourth-order valence-electron chi connectivity index (χ4n) is 8.73. The van der Waals surface area contributed by atoms with Gasteiger partial charge in [0.25, 0.3) is 11.8 Å². The Bertz CT molecular complexity index is 2260. The molecule has 4 aromatic carbocycles. The van der Waals surface area contributed by atoms with E-state index in [1.807, 2.05) is 84.9 Å². The van der Waals surface area contributed by atoms with Crippen molar-refractivity contribution in [3.63, 3.8) is 0 Å². The smallest absolute Gasteiger partial charge is 0.317 e. The Kier molecular flexibility index (Phi) is 13.6. The number of methoxy groups -OCH3 is 2. The molecule has 4 saturated heterocycles. The third-order valence-corrected chi connectivity index (χ3v) is 12.6. The molecule has 4 aliphatic heterocycles. The minimum absolute atomic E-state index is 0.00637. The lowest BCUT2D eigenvalue weighted by atomic mass is 9.90. The minimum atomic E-state index is -1.10. The van der Waals surface area contributed by atoms with Gasteiger partial charge in [-0.2, -0.15) is 0 Å². The molecule has 6 amide bonds. The van der Waals surface area contributed by atoms with Gasteiger partial charge in [0.15, 0.2) is 0 Å². The molecule has 16 heteroatoms. The van der Waals surface area contributed by atoms with Gasteiger partial charge in [0.05, 0.1) is 20.8 Å². The number of likely N-dealkylation sites (tertiary alicyclic amines) is 1. The summed E-state index contributed by atoms with van der Waals surface area (Å²) in [6.07, 6.45) is 1.00. The van der Waals surface area contributed by atoms with Crippen molar-refractivity contribution in [1.29, 1.82) is 0 Å². The van der Waals surface area contributed by atoms with Gasteiger partial charge in [-0.15, -0.1) is 0 Å². The van der Waals surface area contributed by atoms with Gasteiger partial charge in [0.2, 0.25) is 11.8 Å². The topological polar surface area (TPSA) is 144 Å². The van der Waals surface area contributed by atoms with E-state index in [4.69, 9.17) is 32.7 Å². The molecule has 4 fully saturated rings. The van der Waals surface area contributed by atoms with Gasteiger partial charge in [-0.3, -0.25) is 19.2 Å². The number of nitrogens with one attached hydrogen (secondary N) is 2. The Morgan fingerprint density at radius 1 is 0.629 bits per heavy atom. The standard InChI is InChI=1S/C24H27ClN4O4.C22H24ClN3O3/c1-26-23(32)27-12-11-24(16-27)22(31)28(13-17-5-9-20(33-2)10-6-17)15-21(30)29(24)14-18-3-7-19(25)8-4-18;1-29-19-8-4-16(5-9-19)12-25-14-20(27)26(13-17-2-6-18(23)7-3-17)22(21(25)28)10-11-24-15-22/h3-10H,11-16H2,1-2H3,(H,26,32);2-9,24H,10-15H2,1H3. The molecular formula is C46H51Cl2N7O7. The Morgan fingerprint density at radius 2 is 1.05 bits per heavy atom. The van der Waals surface area contributed by atoms with Crippen LogP contribution in [0.25, 0.3) is 0 Å². The molecule has 4 heterocycles. The number of hydrogen-bond acceptors (Lipinski definition) is 8. The average Bonchev–Trinajstić information content (AvgIpc) is 3.97. The van der Waals surface area contributed by atoms with Crippen molar-refractivity contribution in [2.75, 3.05) is 60.5 Å². The second-order valence-corrected chi connectivity index (χ2v) is 16.8. The van der Waals surface area contributed by atoms with E-state index >= 15 is 0 Å². The number of ether oxygens (including phenoxy) is 2. The molecule has 0 aliphatic carbocycles. The zero-order valence-corrected chi connectivity index (χ0v) is 36.6. The van der Waals surface area contributed by atoms with Crippen LogP contribution < -0.4 is 20.1 Å². The van der Waals surface area contributed by atoms with Gasteiger partial charge in [-0.25, -0.2) is 4.79 Å². The van der Waals surface area contributed by atoms with E-state index in [2.05, 4.69) is 10.6 Å². The summed E-state index contributed by atoms with van der Waals surface area (Å²) in [5.74, 6) is 1.18. The molecule has 14 nitrogen and oxygen atoms in total. The summed E-state index contributed by atoms with van der Waals surface area (Å²) in [5, 5.41) is 7.15. The highest BCUT2D eigenvalue weighted by atomic mass is 35.5. The van der Waals surface area contributed by atoms with Gasteiger partial charge >= 0.3 is 6.03 Å². The van der Waals surface area contributed by atoms with E-state index in [0.29, 0.717) is 62.2 Å². The van der Waals surface area contributed by atoms with Gasteiger partial charge in [-0.05, 0) is 90.2 Å². The molecule has 2 atom stereocenters. The molecule has 4 aliphatic rings. The Balaban J connectivity index is 0.000000188. The first-order valence-corrected chi connectivity index (χ1v) is 21.3. The van der Waals surface area contributed by atoms with Crippen LogP contribution in [0.5, 0.6) is 11.5 Å². The van der Waals surface area contributed by atoms with Crippen LogP contribution in [0.3, 0.4) is 0 Å². The van der Waals surface area contributed by atoms with Crippen molar-refractivity contribution in [3.8, 4) is 11.5 Å². The summed E-state index contributed by atoms with van der Waals surface area (Å²) < 4.78 is 10.4. The normalized spacial score (nSPS) is 21.1. The van der Waals surface area contributed by atoms with Crippen molar-refractivity contribution in [2.24, 2.45) is 0 Å². The number of benzene rings is 4.